The average molecular weight is 434 g/mol. The first-order valence-corrected chi connectivity index (χ1v) is 10.0. The van der Waals surface area contributed by atoms with Gasteiger partial charge in [0.2, 0.25) is 11.8 Å². The molecule has 2 amide bonds. The molecule has 1 heterocycles. The topological polar surface area (TPSA) is 100 Å². The second-order valence-electron chi connectivity index (χ2n) is 7.97. The van der Waals surface area contributed by atoms with Crippen LogP contribution < -0.4 is 16.4 Å². The quantitative estimate of drug-likeness (QED) is 0.531. The fourth-order valence-corrected chi connectivity index (χ4v) is 3.14. The lowest BCUT2D eigenvalue weighted by Crippen LogP contribution is -2.50. The Hall–Kier alpha value is -3.07. The molecular formula is C22H29F2N5O2. The van der Waals surface area contributed by atoms with Crippen LogP contribution in [0.1, 0.15) is 25.0 Å². The van der Waals surface area contributed by atoms with E-state index in [9.17, 15) is 18.4 Å². The highest BCUT2D eigenvalue weighted by molar-refractivity contribution is 5.88. The largest absolute Gasteiger partial charge is 0.384 e. The minimum Gasteiger partial charge on any atom is -0.384 e. The standard InChI is InChI=1S/C22H29F2N5O2/c1-14(2)12-29(3)13-21(30)28-19(9-15-4-6-17(23)18(24)8-15)22(31)27-11-16-5-7-20(25)26-10-16/h4-8,10,14,19H,9,11-13H2,1-3H3,(H2,25,26)(H,27,31)(H,28,30). The van der Waals surface area contributed by atoms with Crippen LogP contribution in [-0.2, 0) is 22.6 Å². The van der Waals surface area contributed by atoms with Gasteiger partial charge in [0.25, 0.3) is 0 Å². The zero-order valence-corrected chi connectivity index (χ0v) is 18.0. The number of aromatic nitrogens is 1. The molecule has 168 valence electrons. The van der Waals surface area contributed by atoms with E-state index in [-0.39, 0.29) is 25.4 Å². The van der Waals surface area contributed by atoms with Gasteiger partial charge in [-0.1, -0.05) is 26.0 Å². The van der Waals surface area contributed by atoms with E-state index in [2.05, 4.69) is 15.6 Å². The van der Waals surface area contributed by atoms with Crippen LogP contribution >= 0.6 is 0 Å². The smallest absolute Gasteiger partial charge is 0.243 e. The lowest BCUT2D eigenvalue weighted by atomic mass is 10.0. The number of halogens is 2. The fraction of sp³-hybridized carbons (Fsp3) is 0.409. The lowest BCUT2D eigenvalue weighted by Gasteiger charge is -2.22. The molecule has 0 aliphatic carbocycles. The Morgan fingerprint density at radius 1 is 1.13 bits per heavy atom. The Morgan fingerprint density at radius 2 is 1.84 bits per heavy atom. The van der Waals surface area contributed by atoms with E-state index in [1.54, 1.807) is 18.3 Å². The van der Waals surface area contributed by atoms with Gasteiger partial charge in [-0.3, -0.25) is 14.5 Å². The van der Waals surface area contributed by atoms with Crippen molar-refractivity contribution in [3.8, 4) is 0 Å². The van der Waals surface area contributed by atoms with E-state index in [0.717, 1.165) is 24.2 Å². The average Bonchev–Trinajstić information content (AvgIpc) is 2.68. The predicted molar refractivity (Wildman–Crippen MR) is 115 cm³/mol. The van der Waals surface area contributed by atoms with Crippen molar-refractivity contribution in [2.45, 2.75) is 32.9 Å². The Bertz CT molecular complexity index is 890. The summed E-state index contributed by atoms with van der Waals surface area (Å²) in [5, 5.41) is 5.44. The number of amides is 2. The van der Waals surface area contributed by atoms with Gasteiger partial charge < -0.3 is 16.4 Å². The van der Waals surface area contributed by atoms with Gasteiger partial charge in [0.1, 0.15) is 11.9 Å². The first-order chi connectivity index (χ1) is 14.6. The number of nitrogens with zero attached hydrogens (tertiary/aromatic N) is 2. The van der Waals surface area contributed by atoms with Gasteiger partial charge in [-0.15, -0.1) is 0 Å². The van der Waals surface area contributed by atoms with Gasteiger partial charge >= 0.3 is 0 Å². The number of rotatable bonds is 10. The van der Waals surface area contributed by atoms with Gasteiger partial charge in [-0.2, -0.15) is 0 Å². The molecule has 1 aromatic heterocycles. The summed E-state index contributed by atoms with van der Waals surface area (Å²) in [4.78, 5) is 31.1. The van der Waals surface area contributed by atoms with Crippen LogP contribution in [0.25, 0.3) is 0 Å². The van der Waals surface area contributed by atoms with Crippen molar-refractivity contribution in [1.29, 1.82) is 0 Å². The summed E-state index contributed by atoms with van der Waals surface area (Å²) >= 11 is 0. The monoisotopic (exact) mass is 433 g/mol. The minimum absolute atomic E-state index is 0.0165. The van der Waals surface area contributed by atoms with Crippen molar-refractivity contribution < 1.29 is 18.4 Å². The van der Waals surface area contributed by atoms with E-state index in [1.807, 2.05) is 25.8 Å². The highest BCUT2D eigenvalue weighted by atomic mass is 19.2. The summed E-state index contributed by atoms with van der Waals surface area (Å²) < 4.78 is 26.8. The second kappa shape index (κ2) is 11.4. The van der Waals surface area contributed by atoms with Crippen molar-refractivity contribution in [1.82, 2.24) is 20.5 Å². The number of pyridine rings is 1. The van der Waals surface area contributed by atoms with Crippen LogP contribution in [0, 0.1) is 17.6 Å². The highest BCUT2D eigenvalue weighted by Crippen LogP contribution is 2.11. The number of nitrogens with two attached hydrogens (primary N) is 1. The van der Waals surface area contributed by atoms with Crippen LogP contribution in [0.5, 0.6) is 0 Å². The highest BCUT2D eigenvalue weighted by Gasteiger charge is 2.22. The first-order valence-electron chi connectivity index (χ1n) is 10.0. The van der Waals surface area contributed by atoms with Gasteiger partial charge in [0.15, 0.2) is 11.6 Å². The van der Waals surface area contributed by atoms with E-state index in [0.29, 0.717) is 17.3 Å². The predicted octanol–water partition coefficient (Wildman–Crippen LogP) is 1.87. The van der Waals surface area contributed by atoms with E-state index in [1.165, 1.54) is 6.07 Å². The van der Waals surface area contributed by atoms with Gasteiger partial charge in [0.05, 0.1) is 6.54 Å². The number of nitrogens with one attached hydrogen (secondary N) is 2. The Morgan fingerprint density at radius 3 is 2.45 bits per heavy atom. The second-order valence-corrected chi connectivity index (χ2v) is 7.97. The molecule has 0 aliphatic heterocycles. The van der Waals surface area contributed by atoms with Crippen LogP contribution in [0.3, 0.4) is 0 Å². The number of anilines is 1. The van der Waals surface area contributed by atoms with Gasteiger partial charge in [0, 0.05) is 25.7 Å². The molecule has 9 heteroatoms. The third-order valence-corrected chi connectivity index (χ3v) is 4.48. The number of nitrogen functional groups attached to an aromatic ring is 1. The normalized spacial score (nSPS) is 12.1. The molecular weight excluding hydrogens is 404 g/mol. The van der Waals surface area contributed by atoms with Crippen molar-refractivity contribution in [3.05, 3.63) is 59.3 Å². The SMILES string of the molecule is CC(C)CN(C)CC(=O)NC(Cc1ccc(F)c(F)c1)C(=O)NCc1ccc(N)nc1. The summed E-state index contributed by atoms with van der Waals surface area (Å²) in [5.41, 5.74) is 6.68. The molecule has 2 rings (SSSR count). The fourth-order valence-electron chi connectivity index (χ4n) is 3.14. The summed E-state index contributed by atoms with van der Waals surface area (Å²) in [6, 6.07) is 5.80. The third-order valence-electron chi connectivity index (χ3n) is 4.48. The summed E-state index contributed by atoms with van der Waals surface area (Å²) in [6.07, 6.45) is 1.56. The lowest BCUT2D eigenvalue weighted by molar-refractivity contribution is -0.129. The van der Waals surface area contributed by atoms with Gasteiger partial charge in [-0.25, -0.2) is 13.8 Å². The molecule has 0 aliphatic rings. The molecule has 1 unspecified atom stereocenters. The Balaban J connectivity index is 2.07. The number of carbonyl (C=O) groups is 2. The zero-order valence-electron chi connectivity index (χ0n) is 18.0. The van der Waals surface area contributed by atoms with Crippen molar-refractivity contribution in [3.63, 3.8) is 0 Å². The zero-order chi connectivity index (χ0) is 23.0. The van der Waals surface area contributed by atoms with Crippen molar-refractivity contribution in [2.24, 2.45) is 5.92 Å². The first kappa shape index (κ1) is 24.2. The van der Waals surface area contributed by atoms with Crippen LogP contribution in [0.4, 0.5) is 14.6 Å². The number of benzene rings is 1. The molecule has 0 saturated heterocycles. The summed E-state index contributed by atoms with van der Waals surface area (Å²) in [6.45, 7) is 5.10. The molecule has 0 spiro atoms. The molecule has 2 aromatic rings. The number of carbonyl (C=O) groups excluding carboxylic acids is 2. The third kappa shape index (κ3) is 8.29. The maximum absolute atomic E-state index is 13.6. The maximum atomic E-state index is 13.6. The summed E-state index contributed by atoms with van der Waals surface area (Å²) in [7, 11) is 1.82. The molecule has 0 bridgehead atoms. The molecule has 1 aromatic carbocycles. The molecule has 0 saturated carbocycles. The van der Waals surface area contributed by atoms with Gasteiger partial charge in [-0.05, 0) is 42.3 Å². The van der Waals surface area contributed by atoms with Crippen LogP contribution in [0.2, 0.25) is 0 Å². The molecule has 31 heavy (non-hydrogen) atoms. The molecule has 4 N–H and O–H groups in total. The molecule has 0 radical (unpaired) electrons. The van der Waals surface area contributed by atoms with E-state index < -0.39 is 23.6 Å². The van der Waals surface area contributed by atoms with Crippen molar-refractivity contribution in [2.75, 3.05) is 25.9 Å². The molecule has 1 atom stereocenters. The minimum atomic E-state index is -1.01. The van der Waals surface area contributed by atoms with Crippen molar-refractivity contribution >= 4 is 17.6 Å². The number of hydrogen-bond donors (Lipinski definition) is 3. The van der Waals surface area contributed by atoms with Crippen LogP contribution in [0.15, 0.2) is 36.5 Å². The Kier molecular flexibility index (Phi) is 8.87. The maximum Gasteiger partial charge on any atom is 0.243 e. The number of likely N-dealkylation sites (N-methyl/N-ethyl adjacent to an activating group) is 1. The molecule has 7 nitrogen and oxygen atoms in total. The summed E-state index contributed by atoms with van der Waals surface area (Å²) in [5.74, 6) is -2.01. The molecule has 0 fully saturated rings. The van der Waals surface area contributed by atoms with E-state index >= 15 is 0 Å². The van der Waals surface area contributed by atoms with Crippen LogP contribution in [-0.4, -0.2) is 47.9 Å². The van der Waals surface area contributed by atoms with E-state index in [4.69, 9.17) is 5.73 Å². The number of hydrogen-bond acceptors (Lipinski definition) is 5. The Labute approximate surface area is 181 Å².